The van der Waals surface area contributed by atoms with Crippen LogP contribution in [0.1, 0.15) is 30.6 Å². The van der Waals surface area contributed by atoms with Gasteiger partial charge >= 0.3 is 0 Å². The second-order valence-corrected chi connectivity index (χ2v) is 6.28. The second-order valence-electron chi connectivity index (χ2n) is 6.28. The molecule has 2 amide bonds. The lowest BCUT2D eigenvalue weighted by molar-refractivity contribution is -0.142. The highest BCUT2D eigenvalue weighted by Crippen LogP contribution is 2.63. The van der Waals surface area contributed by atoms with Crippen molar-refractivity contribution in [2.24, 2.45) is 17.3 Å². The van der Waals surface area contributed by atoms with Crippen molar-refractivity contribution in [1.82, 2.24) is 4.90 Å². The summed E-state index contributed by atoms with van der Waals surface area (Å²) in [4.78, 5) is 37.4. The normalized spacial score (nSPS) is 26.0. The number of halogens is 1. The quantitative estimate of drug-likeness (QED) is 0.629. The van der Waals surface area contributed by atoms with E-state index in [4.69, 9.17) is 0 Å². The van der Waals surface area contributed by atoms with Gasteiger partial charge in [0.05, 0.1) is 11.8 Å². The molecule has 2 aliphatic rings. The molecule has 110 valence electrons. The predicted octanol–water partition coefficient (Wildman–Crippen LogP) is 2.04. The van der Waals surface area contributed by atoms with Crippen LogP contribution < -0.4 is 0 Å². The third-order valence-corrected chi connectivity index (χ3v) is 4.62. The molecule has 0 N–H and O–H groups in total. The number of hydrogen-bond acceptors (Lipinski definition) is 3. The minimum Gasteiger partial charge on any atom is -0.294 e. The molecule has 2 fully saturated rings. The summed E-state index contributed by atoms with van der Waals surface area (Å²) >= 11 is 0. The number of Topliss-reactive ketones (excluding diaryl/α,β-unsaturated/α-hetero) is 1. The third kappa shape index (κ3) is 2.07. The maximum atomic E-state index is 12.8. The minimum atomic E-state index is -0.404. The number of hydrogen-bond donors (Lipinski definition) is 0. The van der Waals surface area contributed by atoms with Crippen LogP contribution in [-0.2, 0) is 9.59 Å². The number of nitrogens with zero attached hydrogens (tertiary/aromatic N) is 1. The van der Waals surface area contributed by atoms with Crippen molar-refractivity contribution >= 4 is 17.6 Å². The zero-order chi connectivity index (χ0) is 15.4. The fourth-order valence-corrected chi connectivity index (χ4v) is 3.22. The number of ketones is 1. The predicted molar refractivity (Wildman–Crippen MR) is 72.8 cm³/mol. The van der Waals surface area contributed by atoms with Crippen LogP contribution in [0.15, 0.2) is 24.3 Å². The highest BCUT2D eigenvalue weighted by Gasteiger charge is 2.72. The van der Waals surface area contributed by atoms with Crippen LogP contribution >= 0.6 is 0 Å². The second kappa shape index (κ2) is 4.48. The molecule has 2 atom stereocenters. The Morgan fingerprint density at radius 2 is 1.67 bits per heavy atom. The van der Waals surface area contributed by atoms with Crippen molar-refractivity contribution in [1.29, 1.82) is 0 Å². The van der Waals surface area contributed by atoms with E-state index in [1.54, 1.807) is 0 Å². The molecular weight excluding hydrogens is 273 g/mol. The summed E-state index contributed by atoms with van der Waals surface area (Å²) in [6, 6.07) is 5.26. The van der Waals surface area contributed by atoms with E-state index in [9.17, 15) is 18.8 Å². The highest BCUT2D eigenvalue weighted by molar-refractivity contribution is 6.10. The van der Waals surface area contributed by atoms with Gasteiger partial charge in [-0.1, -0.05) is 13.8 Å². The minimum absolute atomic E-state index is 0.0724. The number of rotatable bonds is 4. The first-order valence-electron chi connectivity index (χ1n) is 6.98. The van der Waals surface area contributed by atoms with Crippen molar-refractivity contribution in [3.63, 3.8) is 0 Å². The van der Waals surface area contributed by atoms with Crippen LogP contribution in [0.25, 0.3) is 0 Å². The number of fused-ring (bicyclic) bond motifs is 1. The zero-order valence-electron chi connectivity index (χ0n) is 11.9. The van der Waals surface area contributed by atoms with Crippen molar-refractivity contribution in [2.75, 3.05) is 6.54 Å². The Morgan fingerprint density at radius 3 is 2.19 bits per heavy atom. The molecule has 1 aliphatic heterocycles. The van der Waals surface area contributed by atoms with Crippen LogP contribution in [0.5, 0.6) is 0 Å². The summed E-state index contributed by atoms with van der Waals surface area (Å²) in [7, 11) is 0. The van der Waals surface area contributed by atoms with Gasteiger partial charge < -0.3 is 0 Å². The summed E-state index contributed by atoms with van der Waals surface area (Å²) in [5, 5.41) is 0. The SMILES string of the molecule is CC1(C)C2C(=O)N(CCC(=O)c3ccc(F)cc3)C(=O)C21. The lowest BCUT2D eigenvalue weighted by Gasteiger charge is -2.20. The molecule has 0 bridgehead atoms. The molecule has 3 rings (SSSR count). The Hall–Kier alpha value is -2.04. The van der Waals surface area contributed by atoms with Crippen LogP contribution in [0.3, 0.4) is 0 Å². The average Bonchev–Trinajstić information content (AvgIpc) is 2.90. The number of benzene rings is 1. The molecule has 1 aliphatic carbocycles. The Balaban J connectivity index is 1.62. The lowest BCUT2D eigenvalue weighted by atomic mass is 10.0. The summed E-state index contributed by atoms with van der Waals surface area (Å²) < 4.78 is 12.8. The molecule has 1 saturated carbocycles. The molecule has 5 heteroatoms. The number of carbonyl (C=O) groups is 3. The molecule has 21 heavy (non-hydrogen) atoms. The Labute approximate surface area is 121 Å². The topological polar surface area (TPSA) is 54.5 Å². The van der Waals surface area contributed by atoms with E-state index in [1.807, 2.05) is 13.8 Å². The van der Waals surface area contributed by atoms with E-state index >= 15 is 0 Å². The van der Waals surface area contributed by atoms with Gasteiger partial charge in [0.25, 0.3) is 0 Å². The van der Waals surface area contributed by atoms with E-state index in [0.29, 0.717) is 5.56 Å². The van der Waals surface area contributed by atoms with Crippen molar-refractivity contribution in [3.05, 3.63) is 35.6 Å². The van der Waals surface area contributed by atoms with Crippen LogP contribution in [-0.4, -0.2) is 29.0 Å². The molecule has 1 saturated heterocycles. The number of amides is 2. The first kappa shape index (κ1) is 13.9. The zero-order valence-corrected chi connectivity index (χ0v) is 11.9. The van der Waals surface area contributed by atoms with Crippen LogP contribution in [0.2, 0.25) is 0 Å². The number of likely N-dealkylation sites (tertiary alicyclic amines) is 1. The van der Waals surface area contributed by atoms with E-state index < -0.39 is 5.82 Å². The van der Waals surface area contributed by atoms with Gasteiger partial charge in [0, 0.05) is 18.5 Å². The Morgan fingerprint density at radius 1 is 1.14 bits per heavy atom. The van der Waals surface area contributed by atoms with Crippen molar-refractivity contribution in [2.45, 2.75) is 20.3 Å². The number of imide groups is 1. The van der Waals surface area contributed by atoms with Crippen molar-refractivity contribution in [3.8, 4) is 0 Å². The molecule has 0 spiro atoms. The molecule has 1 aromatic rings. The molecule has 1 heterocycles. The smallest absolute Gasteiger partial charge is 0.233 e. The van der Waals surface area contributed by atoms with Gasteiger partial charge in [0.15, 0.2) is 5.78 Å². The van der Waals surface area contributed by atoms with Gasteiger partial charge in [-0.15, -0.1) is 0 Å². The standard InChI is InChI=1S/C16H16FNO3/c1-16(2)12-13(16)15(21)18(14(12)20)8-7-11(19)9-3-5-10(17)6-4-9/h3-6,12-13H,7-8H2,1-2H3. The van der Waals surface area contributed by atoms with E-state index in [-0.39, 0.29) is 47.8 Å². The summed E-state index contributed by atoms with van der Waals surface area (Å²) in [6.07, 6.45) is 0.0724. The van der Waals surface area contributed by atoms with E-state index in [2.05, 4.69) is 0 Å². The van der Waals surface area contributed by atoms with Crippen LogP contribution in [0.4, 0.5) is 4.39 Å². The van der Waals surface area contributed by atoms with Crippen molar-refractivity contribution < 1.29 is 18.8 Å². The first-order valence-corrected chi connectivity index (χ1v) is 6.98. The fraction of sp³-hybridized carbons (Fsp3) is 0.438. The van der Waals surface area contributed by atoms with E-state index in [1.165, 1.54) is 29.2 Å². The Kier molecular flexibility index (Phi) is 2.97. The summed E-state index contributed by atoms with van der Waals surface area (Å²) in [6.45, 7) is 3.94. The van der Waals surface area contributed by atoms with Crippen LogP contribution in [0, 0.1) is 23.1 Å². The summed E-state index contributed by atoms with van der Waals surface area (Å²) in [5.74, 6) is -1.37. The molecule has 2 unspecified atom stereocenters. The number of carbonyl (C=O) groups excluding carboxylic acids is 3. The van der Waals surface area contributed by atoms with Gasteiger partial charge in [0.1, 0.15) is 5.82 Å². The molecular formula is C16H16FNO3. The summed E-state index contributed by atoms with van der Waals surface area (Å²) in [5.41, 5.74) is 0.159. The van der Waals surface area contributed by atoms with Gasteiger partial charge in [0.2, 0.25) is 11.8 Å². The monoisotopic (exact) mass is 289 g/mol. The average molecular weight is 289 g/mol. The lowest BCUT2D eigenvalue weighted by Crippen LogP contribution is -2.37. The largest absolute Gasteiger partial charge is 0.294 e. The van der Waals surface area contributed by atoms with E-state index in [0.717, 1.165) is 0 Å². The fourth-order valence-electron chi connectivity index (χ4n) is 3.22. The maximum Gasteiger partial charge on any atom is 0.233 e. The molecule has 1 aromatic carbocycles. The van der Waals surface area contributed by atoms with Gasteiger partial charge in [-0.05, 0) is 29.7 Å². The Bertz CT molecular complexity index is 611. The number of piperidine rings is 1. The maximum absolute atomic E-state index is 12.8. The third-order valence-electron chi connectivity index (χ3n) is 4.62. The molecule has 0 aromatic heterocycles. The molecule has 0 radical (unpaired) electrons. The molecule has 4 nitrogen and oxygen atoms in total. The van der Waals surface area contributed by atoms with Gasteiger partial charge in [-0.3, -0.25) is 19.3 Å². The first-order chi connectivity index (χ1) is 9.84. The highest BCUT2D eigenvalue weighted by atomic mass is 19.1. The van der Waals surface area contributed by atoms with Gasteiger partial charge in [-0.25, -0.2) is 4.39 Å². The van der Waals surface area contributed by atoms with Gasteiger partial charge in [-0.2, -0.15) is 0 Å².